The Morgan fingerprint density at radius 2 is 1.39 bits per heavy atom. The minimum atomic E-state index is 0.904. The second-order valence-electron chi connectivity index (χ2n) is 5.35. The SMILES string of the molecule is CN1CCN(CCNCCN2CCOCC2)CC1. The standard InChI is InChI=1S/C13H28N4O/c1-15-6-8-16(9-7-15)4-2-14-3-5-17-10-12-18-13-11-17/h14H,2-13H2,1H3. The zero-order valence-electron chi connectivity index (χ0n) is 11.7. The number of nitrogens with one attached hydrogen (secondary N) is 1. The van der Waals surface area contributed by atoms with Gasteiger partial charge in [0.15, 0.2) is 0 Å². The topological polar surface area (TPSA) is 31.0 Å². The first kappa shape index (κ1) is 14.2. The van der Waals surface area contributed by atoms with Gasteiger partial charge in [0.25, 0.3) is 0 Å². The van der Waals surface area contributed by atoms with Crippen molar-refractivity contribution in [1.82, 2.24) is 20.0 Å². The summed E-state index contributed by atoms with van der Waals surface area (Å²) in [5.74, 6) is 0. The average molecular weight is 256 g/mol. The molecule has 2 aliphatic rings. The van der Waals surface area contributed by atoms with E-state index in [9.17, 15) is 0 Å². The van der Waals surface area contributed by atoms with E-state index in [1.54, 1.807) is 0 Å². The van der Waals surface area contributed by atoms with Crippen molar-refractivity contribution in [3.8, 4) is 0 Å². The van der Waals surface area contributed by atoms with E-state index in [2.05, 4.69) is 27.1 Å². The molecule has 0 saturated carbocycles. The number of piperazine rings is 1. The molecule has 2 aliphatic heterocycles. The summed E-state index contributed by atoms with van der Waals surface area (Å²) in [6.45, 7) is 13.5. The Morgan fingerprint density at radius 1 is 0.833 bits per heavy atom. The molecule has 1 N–H and O–H groups in total. The molecule has 0 spiro atoms. The third-order valence-electron chi connectivity index (χ3n) is 3.91. The third-order valence-corrected chi connectivity index (χ3v) is 3.91. The van der Waals surface area contributed by atoms with Crippen molar-refractivity contribution in [2.24, 2.45) is 0 Å². The molecular formula is C13H28N4O. The predicted molar refractivity (Wildman–Crippen MR) is 74.1 cm³/mol. The van der Waals surface area contributed by atoms with Crippen LogP contribution in [0.5, 0.6) is 0 Å². The summed E-state index contributed by atoms with van der Waals surface area (Å²) < 4.78 is 5.34. The Bertz CT molecular complexity index is 213. The van der Waals surface area contributed by atoms with Crippen LogP contribution in [0.3, 0.4) is 0 Å². The van der Waals surface area contributed by atoms with Gasteiger partial charge in [0.1, 0.15) is 0 Å². The van der Waals surface area contributed by atoms with Gasteiger partial charge < -0.3 is 15.0 Å². The number of likely N-dealkylation sites (N-methyl/N-ethyl adjacent to an activating group) is 1. The molecule has 0 bridgehead atoms. The van der Waals surface area contributed by atoms with Crippen LogP contribution in [0.2, 0.25) is 0 Å². The first-order valence-corrected chi connectivity index (χ1v) is 7.26. The number of hydrogen-bond acceptors (Lipinski definition) is 5. The summed E-state index contributed by atoms with van der Waals surface area (Å²) in [4.78, 5) is 7.44. The van der Waals surface area contributed by atoms with Crippen molar-refractivity contribution >= 4 is 0 Å². The molecule has 0 unspecified atom stereocenters. The summed E-state index contributed by atoms with van der Waals surface area (Å²) in [6.07, 6.45) is 0. The van der Waals surface area contributed by atoms with Crippen molar-refractivity contribution < 1.29 is 4.74 Å². The fourth-order valence-electron chi connectivity index (χ4n) is 2.50. The van der Waals surface area contributed by atoms with Crippen molar-refractivity contribution in [3.63, 3.8) is 0 Å². The first-order valence-electron chi connectivity index (χ1n) is 7.26. The number of hydrogen-bond donors (Lipinski definition) is 1. The molecule has 0 atom stereocenters. The second kappa shape index (κ2) is 8.07. The van der Waals surface area contributed by atoms with E-state index in [0.717, 1.165) is 45.9 Å². The van der Waals surface area contributed by atoms with Crippen molar-refractivity contribution in [2.75, 3.05) is 85.7 Å². The lowest BCUT2D eigenvalue weighted by molar-refractivity contribution is 0.0383. The molecule has 0 aliphatic carbocycles. The quantitative estimate of drug-likeness (QED) is 0.626. The number of ether oxygens (including phenoxy) is 1. The van der Waals surface area contributed by atoms with Crippen LogP contribution in [0.4, 0.5) is 0 Å². The molecule has 106 valence electrons. The van der Waals surface area contributed by atoms with Gasteiger partial charge in [0.2, 0.25) is 0 Å². The lowest BCUT2D eigenvalue weighted by Gasteiger charge is -2.32. The highest BCUT2D eigenvalue weighted by atomic mass is 16.5. The van der Waals surface area contributed by atoms with Crippen LogP contribution in [0, 0.1) is 0 Å². The van der Waals surface area contributed by atoms with Crippen LogP contribution in [0.15, 0.2) is 0 Å². The van der Waals surface area contributed by atoms with Gasteiger partial charge in [-0.1, -0.05) is 0 Å². The summed E-state index contributed by atoms with van der Waals surface area (Å²) >= 11 is 0. The zero-order chi connectivity index (χ0) is 12.6. The lowest BCUT2D eigenvalue weighted by Crippen LogP contribution is -2.47. The number of nitrogens with zero attached hydrogens (tertiary/aromatic N) is 3. The molecule has 2 heterocycles. The number of morpholine rings is 1. The largest absolute Gasteiger partial charge is 0.379 e. The van der Waals surface area contributed by atoms with Crippen molar-refractivity contribution in [1.29, 1.82) is 0 Å². The van der Waals surface area contributed by atoms with E-state index in [-0.39, 0.29) is 0 Å². The molecule has 0 radical (unpaired) electrons. The van der Waals surface area contributed by atoms with Gasteiger partial charge in [-0.15, -0.1) is 0 Å². The van der Waals surface area contributed by atoms with Gasteiger partial charge in [0, 0.05) is 65.4 Å². The molecule has 5 nitrogen and oxygen atoms in total. The second-order valence-corrected chi connectivity index (χ2v) is 5.35. The van der Waals surface area contributed by atoms with Gasteiger partial charge in [0.05, 0.1) is 13.2 Å². The van der Waals surface area contributed by atoms with E-state index in [1.807, 2.05) is 0 Å². The van der Waals surface area contributed by atoms with Crippen LogP contribution in [-0.4, -0.2) is 100 Å². The average Bonchev–Trinajstić information content (AvgIpc) is 2.42. The Hall–Kier alpha value is -0.200. The summed E-state index contributed by atoms with van der Waals surface area (Å²) in [5, 5.41) is 3.55. The zero-order valence-corrected chi connectivity index (χ0v) is 11.7. The maximum Gasteiger partial charge on any atom is 0.0594 e. The molecule has 18 heavy (non-hydrogen) atoms. The molecule has 0 amide bonds. The number of rotatable bonds is 6. The van der Waals surface area contributed by atoms with Gasteiger partial charge in [-0.2, -0.15) is 0 Å². The summed E-state index contributed by atoms with van der Waals surface area (Å²) in [6, 6.07) is 0. The van der Waals surface area contributed by atoms with Gasteiger partial charge >= 0.3 is 0 Å². The van der Waals surface area contributed by atoms with E-state index >= 15 is 0 Å². The van der Waals surface area contributed by atoms with E-state index in [4.69, 9.17) is 4.74 Å². The van der Waals surface area contributed by atoms with E-state index in [1.165, 1.54) is 32.7 Å². The first-order chi connectivity index (χ1) is 8.84. The summed E-state index contributed by atoms with van der Waals surface area (Å²) in [5.41, 5.74) is 0. The van der Waals surface area contributed by atoms with Crippen molar-refractivity contribution in [3.05, 3.63) is 0 Å². The third kappa shape index (κ3) is 5.20. The highest BCUT2D eigenvalue weighted by Crippen LogP contribution is 1.97. The Kier molecular flexibility index (Phi) is 6.37. The fraction of sp³-hybridized carbons (Fsp3) is 1.00. The molecule has 5 heteroatoms. The minimum absolute atomic E-state index is 0.904. The molecule has 2 rings (SSSR count). The van der Waals surface area contributed by atoms with Crippen LogP contribution < -0.4 is 5.32 Å². The molecule has 0 aromatic rings. The maximum atomic E-state index is 5.34. The minimum Gasteiger partial charge on any atom is -0.379 e. The highest BCUT2D eigenvalue weighted by molar-refractivity contribution is 4.70. The van der Waals surface area contributed by atoms with Crippen LogP contribution in [-0.2, 0) is 4.74 Å². The smallest absolute Gasteiger partial charge is 0.0594 e. The Labute approximate surface area is 111 Å². The fourth-order valence-corrected chi connectivity index (χ4v) is 2.50. The van der Waals surface area contributed by atoms with Crippen LogP contribution >= 0.6 is 0 Å². The van der Waals surface area contributed by atoms with E-state index < -0.39 is 0 Å². The predicted octanol–water partition coefficient (Wildman–Crippen LogP) is -0.844. The van der Waals surface area contributed by atoms with E-state index in [0.29, 0.717) is 0 Å². The Morgan fingerprint density at radius 3 is 2.00 bits per heavy atom. The van der Waals surface area contributed by atoms with Crippen LogP contribution in [0.25, 0.3) is 0 Å². The maximum absolute atomic E-state index is 5.34. The van der Waals surface area contributed by atoms with Gasteiger partial charge in [-0.25, -0.2) is 0 Å². The molecule has 0 aromatic carbocycles. The Balaban J connectivity index is 1.43. The normalized spacial score (nSPS) is 24.5. The van der Waals surface area contributed by atoms with Crippen molar-refractivity contribution in [2.45, 2.75) is 0 Å². The molecule has 2 fully saturated rings. The highest BCUT2D eigenvalue weighted by Gasteiger charge is 2.13. The van der Waals surface area contributed by atoms with Crippen LogP contribution in [0.1, 0.15) is 0 Å². The lowest BCUT2D eigenvalue weighted by atomic mass is 10.3. The monoisotopic (exact) mass is 256 g/mol. The molecular weight excluding hydrogens is 228 g/mol. The van der Waals surface area contributed by atoms with Gasteiger partial charge in [-0.05, 0) is 7.05 Å². The molecule has 2 saturated heterocycles. The summed E-state index contributed by atoms with van der Waals surface area (Å²) in [7, 11) is 2.21. The molecule has 0 aromatic heterocycles. The van der Waals surface area contributed by atoms with Gasteiger partial charge in [-0.3, -0.25) is 9.80 Å².